The van der Waals surface area contributed by atoms with Gasteiger partial charge in [-0.1, -0.05) is 122 Å². The van der Waals surface area contributed by atoms with Crippen molar-refractivity contribution in [3.63, 3.8) is 0 Å². The summed E-state index contributed by atoms with van der Waals surface area (Å²) in [5.74, 6) is -1.86. The van der Waals surface area contributed by atoms with Gasteiger partial charge in [-0.15, -0.1) is 0 Å². The van der Waals surface area contributed by atoms with E-state index in [1.165, 1.54) is 38.5 Å². The highest BCUT2D eigenvalue weighted by Gasteiger charge is 2.07. The lowest BCUT2D eigenvalue weighted by Crippen LogP contribution is -2.12. The quantitative estimate of drug-likeness (QED) is 0.0686. The molecule has 1 unspecified atom stereocenters. The van der Waals surface area contributed by atoms with Gasteiger partial charge in [0.25, 0.3) is 0 Å². The molecular formula is C41H64O11. The Morgan fingerprint density at radius 3 is 1.52 bits per heavy atom. The molecule has 0 heterocycles. The van der Waals surface area contributed by atoms with Gasteiger partial charge in [0.15, 0.2) is 0 Å². The number of hydrogen-bond acceptors (Lipinski definition) is 10. The number of benzene rings is 1. The number of carboxylic acid groups (broad SMARTS) is 1. The first-order valence-electron chi connectivity index (χ1n) is 16.8. The van der Waals surface area contributed by atoms with Crippen molar-refractivity contribution >= 4 is 35.9 Å². The van der Waals surface area contributed by atoms with Crippen molar-refractivity contribution in [1.82, 2.24) is 0 Å². The highest BCUT2D eigenvalue weighted by atomic mass is 16.5. The van der Waals surface area contributed by atoms with E-state index in [1.54, 1.807) is 13.8 Å². The van der Waals surface area contributed by atoms with Gasteiger partial charge < -0.3 is 29.2 Å². The lowest BCUT2D eigenvalue weighted by Gasteiger charge is -2.13. The second-order valence-electron chi connectivity index (χ2n) is 10.6. The van der Waals surface area contributed by atoms with Crippen molar-refractivity contribution < 1.29 is 53.1 Å². The summed E-state index contributed by atoms with van der Waals surface area (Å²) in [5, 5.41) is 16.0. The topological polar surface area (TPSA) is 163 Å². The van der Waals surface area contributed by atoms with E-state index < -0.39 is 11.9 Å². The van der Waals surface area contributed by atoms with Crippen LogP contribution in [0.4, 0.5) is 0 Å². The highest BCUT2D eigenvalue weighted by molar-refractivity contribution is 5.87. The smallest absolute Gasteiger partial charge is 0.333 e. The second-order valence-corrected chi connectivity index (χ2v) is 10.6. The van der Waals surface area contributed by atoms with E-state index in [2.05, 4.69) is 69.7 Å². The molecule has 11 nitrogen and oxygen atoms in total. The molecule has 1 rings (SSSR count). The Kier molecular flexibility index (Phi) is 45.7. The first kappa shape index (κ1) is 56.3. The van der Waals surface area contributed by atoms with Crippen LogP contribution >= 0.6 is 0 Å². The number of carbonyl (C=O) groups excluding carboxylic acids is 4. The Morgan fingerprint density at radius 1 is 0.731 bits per heavy atom. The Balaban J connectivity index is -0.000000173. The first-order chi connectivity index (χ1) is 24.5. The second kappa shape index (κ2) is 42.1. The fraction of sp³-hybridized carbons (Fsp3) is 0.439. The summed E-state index contributed by atoms with van der Waals surface area (Å²) in [6, 6.07) is 10.0. The number of hydrogen-bond donors (Lipinski definition) is 2. The molecule has 0 saturated heterocycles. The summed E-state index contributed by atoms with van der Waals surface area (Å²) in [5.41, 5.74) is 2.25. The number of carbonyl (C=O) groups is 5. The molecule has 0 aliphatic rings. The summed E-state index contributed by atoms with van der Waals surface area (Å²) in [7, 11) is 1.33. The van der Waals surface area contributed by atoms with Gasteiger partial charge in [0.05, 0.1) is 26.9 Å². The van der Waals surface area contributed by atoms with Crippen molar-refractivity contribution in [3.05, 3.63) is 104 Å². The summed E-state index contributed by atoms with van der Waals surface area (Å²) >= 11 is 0. The van der Waals surface area contributed by atoms with Gasteiger partial charge in [0.2, 0.25) is 0 Å². The molecule has 0 aromatic heterocycles. The van der Waals surface area contributed by atoms with Gasteiger partial charge in [0, 0.05) is 28.9 Å². The number of aliphatic hydroxyl groups excluding tert-OH is 1. The first-order valence-corrected chi connectivity index (χ1v) is 16.8. The van der Waals surface area contributed by atoms with Gasteiger partial charge in [-0.05, 0) is 45.1 Å². The maximum atomic E-state index is 10.8. The Hall–Kier alpha value is -5.03. The maximum Gasteiger partial charge on any atom is 0.333 e. The van der Waals surface area contributed by atoms with Crippen LogP contribution in [0.3, 0.4) is 0 Å². The zero-order chi connectivity index (χ0) is 41.3. The van der Waals surface area contributed by atoms with E-state index >= 15 is 0 Å². The van der Waals surface area contributed by atoms with Crippen LogP contribution in [0.1, 0.15) is 85.6 Å². The van der Waals surface area contributed by atoms with Crippen LogP contribution in [-0.4, -0.2) is 73.6 Å². The molecule has 2 N–H and O–H groups in total. The number of aliphatic hydroxyl groups is 1. The fourth-order valence-corrected chi connectivity index (χ4v) is 2.56. The number of aliphatic carboxylic acids is 1. The van der Waals surface area contributed by atoms with Gasteiger partial charge in [-0.3, -0.25) is 0 Å². The minimum atomic E-state index is -0.935. The molecule has 52 heavy (non-hydrogen) atoms. The van der Waals surface area contributed by atoms with Crippen molar-refractivity contribution in [2.75, 3.05) is 33.5 Å². The maximum absolute atomic E-state index is 10.8. The normalized spacial score (nSPS) is 9.23. The van der Waals surface area contributed by atoms with E-state index in [1.807, 2.05) is 36.4 Å². The summed E-state index contributed by atoms with van der Waals surface area (Å²) in [6.45, 7) is 32.1. The minimum absolute atomic E-state index is 0.0465. The van der Waals surface area contributed by atoms with Crippen molar-refractivity contribution in [3.8, 4) is 0 Å². The molecule has 1 aromatic carbocycles. The number of rotatable bonds is 17. The van der Waals surface area contributed by atoms with Crippen LogP contribution in [0.5, 0.6) is 0 Å². The summed E-state index contributed by atoms with van der Waals surface area (Å²) < 4.78 is 18.4. The van der Waals surface area contributed by atoms with Gasteiger partial charge >= 0.3 is 29.8 Å². The Morgan fingerprint density at radius 2 is 1.21 bits per heavy atom. The lowest BCUT2D eigenvalue weighted by molar-refractivity contribution is -0.140. The zero-order valence-electron chi connectivity index (χ0n) is 32.6. The third-order valence-electron chi connectivity index (χ3n) is 5.69. The number of methoxy groups -OCH3 is 1. The molecule has 0 saturated carbocycles. The molecule has 1 aromatic rings. The van der Waals surface area contributed by atoms with E-state index in [0.29, 0.717) is 30.3 Å². The average molecular weight is 733 g/mol. The van der Waals surface area contributed by atoms with Crippen LogP contribution in [0.15, 0.2) is 98.7 Å². The monoisotopic (exact) mass is 732 g/mol. The molecule has 1 atom stereocenters. The molecule has 11 heteroatoms. The van der Waals surface area contributed by atoms with E-state index in [9.17, 15) is 24.0 Å². The number of ether oxygens (including phenoxy) is 4. The van der Waals surface area contributed by atoms with Crippen LogP contribution < -0.4 is 0 Å². The van der Waals surface area contributed by atoms with E-state index in [-0.39, 0.29) is 36.7 Å². The molecule has 0 aliphatic carbocycles. The molecule has 0 aliphatic heterocycles. The van der Waals surface area contributed by atoms with Crippen molar-refractivity contribution in [2.45, 2.75) is 80.1 Å². The standard InChI is InChI=1S/C11H20O2.C8H14O2.C8H8.C5H8O3.C5H8O2.C4H6O2/c1-4-7-8-10(5-2)9-13-11(12)6-3;1-4-5-6-10-8(9)7(2)3;1-2-8-6-4-3-5-7-8;1-2-5(7)8-4-3-6;1-4(2)5(6)7-3;1-3(2)4(5)6/h6,10H,3-5,7-9H2,1-2H3;2,4-6H2,1,3H3;2-7H,1H2;2,6H,1,3-4H2;1H2,2-3H3;1H2,2H3,(H,5,6). The van der Waals surface area contributed by atoms with Crippen molar-refractivity contribution in [1.29, 1.82) is 0 Å². The van der Waals surface area contributed by atoms with Crippen LogP contribution in [0.25, 0.3) is 6.08 Å². The number of esters is 4. The molecule has 0 bridgehead atoms. The third kappa shape index (κ3) is 47.1. The molecule has 294 valence electrons. The highest BCUT2D eigenvalue weighted by Crippen LogP contribution is 2.12. The Labute approximate surface area is 312 Å². The van der Waals surface area contributed by atoms with Gasteiger partial charge in [-0.25, -0.2) is 24.0 Å². The van der Waals surface area contributed by atoms with E-state index in [0.717, 1.165) is 31.8 Å². The predicted molar refractivity (Wildman–Crippen MR) is 209 cm³/mol. The molecule has 0 fully saturated rings. The Bertz CT molecular complexity index is 1170. The predicted octanol–water partition coefficient (Wildman–Crippen LogP) is 8.26. The largest absolute Gasteiger partial charge is 0.478 e. The van der Waals surface area contributed by atoms with E-state index in [4.69, 9.17) is 19.7 Å². The van der Waals surface area contributed by atoms with Gasteiger partial charge in [-0.2, -0.15) is 0 Å². The average Bonchev–Trinajstić information content (AvgIpc) is 3.14. The summed E-state index contributed by atoms with van der Waals surface area (Å²) in [4.78, 5) is 51.4. The lowest BCUT2D eigenvalue weighted by atomic mass is 10.0. The molecule has 0 spiro atoms. The molecule has 0 radical (unpaired) electrons. The number of unbranched alkanes of at least 4 members (excludes halogenated alkanes) is 2. The zero-order valence-corrected chi connectivity index (χ0v) is 32.6. The van der Waals surface area contributed by atoms with Crippen molar-refractivity contribution in [2.24, 2.45) is 5.92 Å². The van der Waals surface area contributed by atoms with Crippen LogP contribution in [0.2, 0.25) is 0 Å². The third-order valence-corrected chi connectivity index (χ3v) is 5.69. The molecule has 0 amide bonds. The minimum Gasteiger partial charge on any atom is -0.478 e. The SMILES string of the molecule is C=C(C)C(=O)O.C=C(C)C(=O)OC.C=C(C)C(=O)OCCCC.C=CC(=O)OCC(CC)CCCC.C=CC(=O)OCCO.C=Cc1ccccc1. The molecular weight excluding hydrogens is 668 g/mol. The fourth-order valence-electron chi connectivity index (χ4n) is 2.56. The van der Waals surface area contributed by atoms with Crippen LogP contribution in [-0.2, 0) is 42.9 Å². The van der Waals surface area contributed by atoms with Crippen LogP contribution in [0, 0.1) is 5.92 Å². The summed E-state index contributed by atoms with van der Waals surface area (Å²) in [6.07, 6.45) is 10.7. The number of carboxylic acids is 1. The van der Waals surface area contributed by atoms with Gasteiger partial charge in [0.1, 0.15) is 6.61 Å².